The molecule has 0 bridgehead atoms. The van der Waals surface area contributed by atoms with Gasteiger partial charge in [0.05, 0.1) is 18.2 Å². The zero-order valence-electron chi connectivity index (χ0n) is 16.6. The molecular formula is C19H28N4O5S. The lowest BCUT2D eigenvalue weighted by atomic mass is 9.78. The molecule has 4 aliphatic heterocycles. The summed E-state index contributed by atoms with van der Waals surface area (Å²) in [6.07, 6.45) is 2.03. The number of carbonyl (C=O) groups is 3. The average Bonchev–Trinajstić information content (AvgIpc) is 3.36. The summed E-state index contributed by atoms with van der Waals surface area (Å²) in [4.78, 5) is 40.4. The Labute approximate surface area is 173 Å². The lowest BCUT2D eigenvalue weighted by Gasteiger charge is -2.56. The van der Waals surface area contributed by atoms with Gasteiger partial charge in [0.1, 0.15) is 10.4 Å². The average molecular weight is 425 g/mol. The Kier molecular flexibility index (Phi) is 5.17. The first-order valence-electron chi connectivity index (χ1n) is 10.1. The molecule has 29 heavy (non-hydrogen) atoms. The number of hydrogen-bond acceptors (Lipinski definition) is 7. The standard InChI is InChI=1S/C19H28N4O5S/c1-9-5-14(17(26)27)23-15(9)19(10(2)24,18(23)28)29-12-6-13(21-7-12)16(25)22-4-3-11(20)8-22/h5,9-13,15,21,24H,3-4,6-8,20H2,1-2H3,(H,26,27)/t9?,10?,11?,12?,13?,15-,19?/m0/s1. The van der Waals surface area contributed by atoms with Gasteiger partial charge in [-0.2, -0.15) is 0 Å². The highest BCUT2D eigenvalue weighted by atomic mass is 32.2. The molecule has 4 aliphatic rings. The fraction of sp³-hybridized carbons (Fsp3) is 0.737. The molecule has 5 N–H and O–H groups in total. The summed E-state index contributed by atoms with van der Waals surface area (Å²) in [5, 5.41) is 23.2. The molecule has 0 spiro atoms. The van der Waals surface area contributed by atoms with Crippen molar-refractivity contribution < 1.29 is 24.6 Å². The van der Waals surface area contributed by atoms with E-state index in [0.29, 0.717) is 26.1 Å². The molecule has 0 radical (unpaired) electrons. The summed E-state index contributed by atoms with van der Waals surface area (Å²) in [5.74, 6) is -1.62. The first kappa shape index (κ1) is 20.6. The number of aliphatic hydroxyl groups excluding tert-OH is 1. The van der Waals surface area contributed by atoms with Crippen LogP contribution in [-0.4, -0.2) is 91.7 Å². The SMILES string of the molecule is CC1C=C(C(=O)O)N2C(=O)C(SC3CNC(C(=O)N4CCC(N)C4)C3)(C(C)O)[C@H]12. The van der Waals surface area contributed by atoms with Gasteiger partial charge < -0.3 is 26.2 Å². The maximum Gasteiger partial charge on any atom is 0.352 e. The van der Waals surface area contributed by atoms with E-state index < -0.39 is 22.9 Å². The molecule has 9 nitrogen and oxygen atoms in total. The summed E-state index contributed by atoms with van der Waals surface area (Å²) < 4.78 is -1.09. The van der Waals surface area contributed by atoms with Crippen LogP contribution in [0.3, 0.4) is 0 Å². The maximum absolute atomic E-state index is 13.0. The molecule has 6 unspecified atom stereocenters. The number of carboxylic acid groups (broad SMARTS) is 1. The molecule has 0 aliphatic carbocycles. The molecular weight excluding hydrogens is 396 g/mol. The highest BCUT2D eigenvalue weighted by Crippen LogP contribution is 2.55. The summed E-state index contributed by atoms with van der Waals surface area (Å²) >= 11 is 1.39. The van der Waals surface area contributed by atoms with Crippen LogP contribution in [0.25, 0.3) is 0 Å². The van der Waals surface area contributed by atoms with Crippen molar-refractivity contribution in [2.45, 2.75) is 60.9 Å². The van der Waals surface area contributed by atoms with Crippen LogP contribution in [0.5, 0.6) is 0 Å². The topological polar surface area (TPSA) is 136 Å². The van der Waals surface area contributed by atoms with Gasteiger partial charge in [-0.25, -0.2) is 4.79 Å². The number of hydrogen-bond donors (Lipinski definition) is 4. The Morgan fingerprint density at radius 3 is 2.76 bits per heavy atom. The molecule has 2 amide bonds. The zero-order chi connectivity index (χ0) is 21.1. The minimum Gasteiger partial charge on any atom is -0.477 e. The summed E-state index contributed by atoms with van der Waals surface area (Å²) in [6.45, 7) is 5.26. The molecule has 0 saturated carbocycles. The van der Waals surface area contributed by atoms with Gasteiger partial charge in [0.15, 0.2) is 0 Å². The number of aliphatic hydroxyl groups is 1. The Bertz CT molecular complexity index is 774. The number of nitrogens with zero attached hydrogens (tertiary/aromatic N) is 2. The molecule has 160 valence electrons. The van der Waals surface area contributed by atoms with Gasteiger partial charge in [-0.1, -0.05) is 6.92 Å². The summed E-state index contributed by atoms with van der Waals surface area (Å²) in [6, 6.07) is -0.677. The van der Waals surface area contributed by atoms with Crippen LogP contribution in [-0.2, 0) is 14.4 Å². The van der Waals surface area contributed by atoms with Crippen LogP contribution in [0.2, 0.25) is 0 Å². The van der Waals surface area contributed by atoms with Crippen LogP contribution in [0.1, 0.15) is 26.7 Å². The predicted molar refractivity (Wildman–Crippen MR) is 107 cm³/mol. The molecule has 3 saturated heterocycles. The number of aliphatic carboxylic acids is 1. The molecule has 4 rings (SSSR count). The number of nitrogens with two attached hydrogens (primary N) is 1. The lowest BCUT2D eigenvalue weighted by Crippen LogP contribution is -2.76. The fourth-order valence-corrected chi connectivity index (χ4v) is 7.03. The van der Waals surface area contributed by atoms with Crippen molar-refractivity contribution in [2.75, 3.05) is 19.6 Å². The Morgan fingerprint density at radius 2 is 2.17 bits per heavy atom. The number of nitrogens with one attached hydrogen (secondary N) is 1. The van der Waals surface area contributed by atoms with Crippen molar-refractivity contribution >= 4 is 29.5 Å². The van der Waals surface area contributed by atoms with E-state index in [0.717, 1.165) is 6.42 Å². The van der Waals surface area contributed by atoms with Crippen molar-refractivity contribution in [1.29, 1.82) is 0 Å². The number of amides is 2. The molecule has 0 aromatic heterocycles. The van der Waals surface area contributed by atoms with Gasteiger partial charge >= 0.3 is 5.97 Å². The second-order valence-electron chi connectivity index (χ2n) is 8.57. The van der Waals surface area contributed by atoms with Gasteiger partial charge in [0, 0.05) is 30.9 Å². The Hall–Kier alpha value is -1.62. The molecule has 4 heterocycles. The third kappa shape index (κ3) is 3.08. The van der Waals surface area contributed by atoms with E-state index in [1.165, 1.54) is 16.7 Å². The second-order valence-corrected chi connectivity index (χ2v) is 10.2. The fourth-order valence-electron chi connectivity index (χ4n) is 5.16. The Balaban J connectivity index is 1.46. The predicted octanol–water partition coefficient (Wildman–Crippen LogP) is -1.04. The van der Waals surface area contributed by atoms with Crippen LogP contribution in [0.15, 0.2) is 11.8 Å². The minimum absolute atomic E-state index is 0.00708. The minimum atomic E-state index is -1.13. The normalized spacial score (nSPS) is 39.9. The van der Waals surface area contributed by atoms with Crippen molar-refractivity contribution in [1.82, 2.24) is 15.1 Å². The van der Waals surface area contributed by atoms with Gasteiger partial charge in [-0.05, 0) is 31.8 Å². The first-order valence-corrected chi connectivity index (χ1v) is 11.0. The molecule has 10 heteroatoms. The summed E-state index contributed by atoms with van der Waals surface area (Å²) in [7, 11) is 0. The highest BCUT2D eigenvalue weighted by Gasteiger charge is 2.69. The first-order chi connectivity index (χ1) is 13.7. The van der Waals surface area contributed by atoms with Gasteiger partial charge in [0.2, 0.25) is 11.8 Å². The quantitative estimate of drug-likeness (QED) is 0.411. The van der Waals surface area contributed by atoms with Crippen LogP contribution in [0, 0.1) is 5.92 Å². The molecule has 3 fully saturated rings. The lowest BCUT2D eigenvalue weighted by molar-refractivity contribution is -0.158. The van der Waals surface area contributed by atoms with Crippen LogP contribution >= 0.6 is 11.8 Å². The summed E-state index contributed by atoms with van der Waals surface area (Å²) in [5.41, 5.74) is 5.90. The van der Waals surface area contributed by atoms with Crippen molar-refractivity contribution in [3.8, 4) is 0 Å². The van der Waals surface area contributed by atoms with Gasteiger partial charge in [-0.3, -0.25) is 14.5 Å². The van der Waals surface area contributed by atoms with E-state index >= 15 is 0 Å². The number of β-lactam (4-membered cyclic amide) rings is 1. The van der Waals surface area contributed by atoms with Crippen molar-refractivity contribution in [3.63, 3.8) is 0 Å². The van der Waals surface area contributed by atoms with Crippen molar-refractivity contribution in [2.24, 2.45) is 11.7 Å². The number of carboxylic acids is 1. The smallest absolute Gasteiger partial charge is 0.352 e. The Morgan fingerprint density at radius 1 is 1.45 bits per heavy atom. The van der Waals surface area contributed by atoms with E-state index in [2.05, 4.69) is 5.32 Å². The zero-order valence-corrected chi connectivity index (χ0v) is 17.4. The van der Waals surface area contributed by atoms with Gasteiger partial charge in [0.25, 0.3) is 0 Å². The number of thioether (sulfide) groups is 1. The third-order valence-corrected chi connectivity index (χ3v) is 8.42. The van der Waals surface area contributed by atoms with Crippen molar-refractivity contribution in [3.05, 3.63) is 11.8 Å². The van der Waals surface area contributed by atoms with Gasteiger partial charge in [-0.15, -0.1) is 11.8 Å². The van der Waals surface area contributed by atoms with E-state index in [-0.39, 0.29) is 40.8 Å². The number of carbonyl (C=O) groups excluding carboxylic acids is 2. The van der Waals surface area contributed by atoms with E-state index in [1.807, 2.05) is 6.92 Å². The number of rotatable bonds is 5. The van der Waals surface area contributed by atoms with E-state index in [1.54, 1.807) is 17.9 Å². The molecule has 0 aromatic rings. The maximum atomic E-state index is 13.0. The van der Waals surface area contributed by atoms with Crippen LogP contribution in [0.4, 0.5) is 0 Å². The molecule has 7 atom stereocenters. The van der Waals surface area contributed by atoms with E-state index in [4.69, 9.17) is 5.73 Å². The van der Waals surface area contributed by atoms with E-state index in [9.17, 15) is 24.6 Å². The van der Waals surface area contributed by atoms with Crippen LogP contribution < -0.4 is 11.1 Å². The monoisotopic (exact) mass is 424 g/mol. The largest absolute Gasteiger partial charge is 0.477 e. The second kappa shape index (κ2) is 7.26. The highest BCUT2D eigenvalue weighted by molar-refractivity contribution is 8.02. The number of likely N-dealkylation sites (tertiary alicyclic amines) is 1. The third-order valence-electron chi connectivity index (χ3n) is 6.58. The number of fused-ring (bicyclic) bond motifs is 1. The molecule has 0 aromatic carbocycles.